The molecule has 0 aliphatic rings. The summed E-state index contributed by atoms with van der Waals surface area (Å²) < 4.78 is 0. The summed E-state index contributed by atoms with van der Waals surface area (Å²) in [6.07, 6.45) is 1.26. The first kappa shape index (κ1) is 8.17. The number of non-ortho nitro benzene ring substituents is 1. The van der Waals surface area contributed by atoms with Crippen molar-refractivity contribution in [2.45, 2.75) is 0 Å². The molecule has 0 fully saturated rings. The fraction of sp³-hybridized carbons (Fsp3) is 0. The highest BCUT2D eigenvalue weighted by Gasteiger charge is 2.02. The van der Waals surface area contributed by atoms with Gasteiger partial charge in [-0.15, -0.1) is 0 Å². The van der Waals surface area contributed by atoms with E-state index >= 15 is 0 Å². The van der Waals surface area contributed by atoms with Crippen LogP contribution >= 0.6 is 0 Å². The molecule has 0 saturated heterocycles. The van der Waals surface area contributed by atoms with Crippen molar-refractivity contribution in [3.8, 4) is 0 Å². The maximum Gasteiger partial charge on any atom is 0.270 e. The molecule has 1 aromatic rings. The lowest BCUT2D eigenvalue weighted by atomic mass is 10.2. The SMILES string of the molecule is [N-]=C=Cc1cccc([N+](=O)[O-])c1. The number of hydrogen-bond donors (Lipinski definition) is 0. The summed E-state index contributed by atoms with van der Waals surface area (Å²) in [6.45, 7) is 0. The van der Waals surface area contributed by atoms with E-state index in [0.29, 0.717) is 5.56 Å². The van der Waals surface area contributed by atoms with Gasteiger partial charge in [-0.05, 0) is 11.6 Å². The number of nitro benzene ring substituents is 1. The first-order valence-electron chi connectivity index (χ1n) is 3.21. The van der Waals surface area contributed by atoms with Gasteiger partial charge in [-0.3, -0.25) is 16.0 Å². The number of hydrogen-bond acceptors (Lipinski definition) is 2. The first-order valence-corrected chi connectivity index (χ1v) is 3.21. The molecule has 1 rings (SSSR count). The van der Waals surface area contributed by atoms with Crippen molar-refractivity contribution >= 4 is 17.6 Å². The predicted octanol–water partition coefficient (Wildman–Crippen LogP) is 1.85. The molecule has 0 spiro atoms. The lowest BCUT2D eigenvalue weighted by molar-refractivity contribution is -0.384. The molecule has 0 unspecified atom stereocenters. The Hall–Kier alpha value is -1.93. The normalized spacial score (nSPS) is 8.67. The second kappa shape index (κ2) is 3.46. The molecule has 0 bridgehead atoms. The molecule has 0 radical (unpaired) electrons. The van der Waals surface area contributed by atoms with Gasteiger partial charge in [0.25, 0.3) is 5.69 Å². The maximum absolute atomic E-state index is 10.3. The van der Waals surface area contributed by atoms with Crippen molar-refractivity contribution < 1.29 is 4.92 Å². The first-order chi connectivity index (χ1) is 5.74. The van der Waals surface area contributed by atoms with Crippen LogP contribution in [0.25, 0.3) is 11.5 Å². The fourth-order valence-corrected chi connectivity index (χ4v) is 0.803. The van der Waals surface area contributed by atoms with Crippen LogP contribution in [0.5, 0.6) is 0 Å². The molecule has 0 amide bonds. The maximum atomic E-state index is 10.3. The summed E-state index contributed by atoms with van der Waals surface area (Å²) >= 11 is 0. The lowest BCUT2D eigenvalue weighted by Crippen LogP contribution is -1.87. The van der Waals surface area contributed by atoms with E-state index in [4.69, 9.17) is 5.41 Å². The number of rotatable bonds is 2. The quantitative estimate of drug-likeness (QED) is 0.377. The Morgan fingerprint density at radius 1 is 1.58 bits per heavy atom. The number of nitro groups is 1. The predicted molar refractivity (Wildman–Crippen MR) is 45.9 cm³/mol. The number of nitrogens with zero attached hydrogens (tertiary/aromatic N) is 2. The fourth-order valence-electron chi connectivity index (χ4n) is 0.803. The third-order valence-electron chi connectivity index (χ3n) is 1.31. The van der Waals surface area contributed by atoms with Crippen LogP contribution in [0.3, 0.4) is 0 Å². The Kier molecular flexibility index (Phi) is 2.35. The lowest BCUT2D eigenvalue weighted by Gasteiger charge is -1.92. The van der Waals surface area contributed by atoms with E-state index in [9.17, 15) is 10.1 Å². The van der Waals surface area contributed by atoms with Crippen LogP contribution in [0.1, 0.15) is 5.56 Å². The topological polar surface area (TPSA) is 65.4 Å². The average molecular weight is 161 g/mol. The molecule has 0 aliphatic heterocycles. The molecule has 12 heavy (non-hydrogen) atoms. The Bertz CT molecular complexity index is 337. The van der Waals surface area contributed by atoms with Crippen molar-refractivity contribution in [3.05, 3.63) is 45.4 Å². The molecular formula is C8H5N2O2-. The Morgan fingerprint density at radius 2 is 2.33 bits per heavy atom. The molecule has 0 aromatic heterocycles. The third-order valence-corrected chi connectivity index (χ3v) is 1.31. The summed E-state index contributed by atoms with van der Waals surface area (Å²) in [5.74, 6) is 1.80. The van der Waals surface area contributed by atoms with Crippen LogP contribution in [0.15, 0.2) is 24.3 Å². The van der Waals surface area contributed by atoms with E-state index in [-0.39, 0.29) is 5.69 Å². The van der Waals surface area contributed by atoms with Crippen LogP contribution in [0.4, 0.5) is 5.69 Å². The van der Waals surface area contributed by atoms with Crippen molar-refractivity contribution in [1.29, 1.82) is 0 Å². The molecule has 0 heterocycles. The molecule has 0 aliphatic carbocycles. The van der Waals surface area contributed by atoms with Crippen molar-refractivity contribution in [3.63, 3.8) is 0 Å². The highest BCUT2D eigenvalue weighted by molar-refractivity contribution is 5.80. The smallest absolute Gasteiger partial charge is 0.270 e. The minimum absolute atomic E-state index is 0.000926. The Balaban J connectivity index is 3.11. The van der Waals surface area contributed by atoms with Crippen molar-refractivity contribution in [1.82, 2.24) is 0 Å². The summed E-state index contributed by atoms with van der Waals surface area (Å²) in [5, 5.41) is 18.5. The summed E-state index contributed by atoms with van der Waals surface area (Å²) in [7, 11) is 0. The zero-order valence-electron chi connectivity index (χ0n) is 6.10. The van der Waals surface area contributed by atoms with E-state index in [2.05, 4.69) is 0 Å². The van der Waals surface area contributed by atoms with Crippen molar-refractivity contribution in [2.75, 3.05) is 0 Å². The largest absolute Gasteiger partial charge is 0.763 e. The van der Waals surface area contributed by atoms with Gasteiger partial charge in [0, 0.05) is 12.1 Å². The molecule has 0 N–H and O–H groups in total. The minimum atomic E-state index is -0.491. The van der Waals surface area contributed by atoms with Gasteiger partial charge in [-0.1, -0.05) is 12.1 Å². The van der Waals surface area contributed by atoms with Gasteiger partial charge in [-0.2, -0.15) is 0 Å². The van der Waals surface area contributed by atoms with Crippen LogP contribution in [-0.4, -0.2) is 10.8 Å². The molecular weight excluding hydrogens is 156 g/mol. The average Bonchev–Trinajstić information content (AvgIpc) is 2.05. The van der Waals surface area contributed by atoms with Gasteiger partial charge >= 0.3 is 0 Å². The number of benzene rings is 1. The van der Waals surface area contributed by atoms with E-state index < -0.39 is 4.92 Å². The molecule has 60 valence electrons. The standard InChI is InChI=1S/C8H5N2O2/c9-5-4-7-2-1-3-8(6-7)10(11)12/h1-4,6H/q-1. The van der Waals surface area contributed by atoms with E-state index in [1.165, 1.54) is 18.2 Å². The zero-order chi connectivity index (χ0) is 8.97. The monoisotopic (exact) mass is 161 g/mol. The minimum Gasteiger partial charge on any atom is -0.763 e. The molecule has 4 nitrogen and oxygen atoms in total. The van der Waals surface area contributed by atoms with E-state index in [1.54, 1.807) is 18.0 Å². The van der Waals surface area contributed by atoms with E-state index in [0.717, 1.165) is 0 Å². The highest BCUT2D eigenvalue weighted by Crippen LogP contribution is 2.12. The van der Waals surface area contributed by atoms with Gasteiger partial charge in [-0.25, -0.2) is 0 Å². The zero-order valence-corrected chi connectivity index (χ0v) is 6.10. The highest BCUT2D eigenvalue weighted by atomic mass is 16.6. The van der Waals surface area contributed by atoms with Gasteiger partial charge in [0.05, 0.1) is 4.92 Å². The van der Waals surface area contributed by atoms with Gasteiger partial charge in [0.1, 0.15) is 0 Å². The second-order valence-electron chi connectivity index (χ2n) is 2.13. The van der Waals surface area contributed by atoms with Gasteiger partial charge in [0.15, 0.2) is 0 Å². The Morgan fingerprint density at radius 3 is 2.92 bits per heavy atom. The van der Waals surface area contributed by atoms with Crippen LogP contribution in [0.2, 0.25) is 0 Å². The Labute approximate surface area is 68.8 Å². The molecule has 1 aromatic carbocycles. The van der Waals surface area contributed by atoms with E-state index in [1.807, 2.05) is 0 Å². The second-order valence-corrected chi connectivity index (χ2v) is 2.13. The summed E-state index contributed by atoms with van der Waals surface area (Å²) in [4.78, 5) is 9.77. The van der Waals surface area contributed by atoms with Crippen molar-refractivity contribution in [2.24, 2.45) is 0 Å². The van der Waals surface area contributed by atoms with Crippen LogP contribution < -0.4 is 0 Å². The third kappa shape index (κ3) is 1.78. The molecule has 0 saturated carbocycles. The summed E-state index contributed by atoms with van der Waals surface area (Å²) in [6, 6.07) is 5.91. The van der Waals surface area contributed by atoms with Crippen LogP contribution in [0, 0.1) is 10.1 Å². The summed E-state index contributed by atoms with van der Waals surface area (Å²) in [5.41, 5.74) is 0.547. The molecule has 4 heteroatoms. The van der Waals surface area contributed by atoms with Gasteiger partial charge < -0.3 is 5.41 Å². The van der Waals surface area contributed by atoms with Gasteiger partial charge in [0.2, 0.25) is 0 Å². The molecule has 0 atom stereocenters. The van der Waals surface area contributed by atoms with Crippen LogP contribution in [-0.2, 0) is 0 Å².